The summed E-state index contributed by atoms with van der Waals surface area (Å²) in [7, 11) is 1.41. The Labute approximate surface area is 116 Å². The first-order valence-corrected chi connectivity index (χ1v) is 6.40. The van der Waals surface area contributed by atoms with Crippen LogP contribution in [0.1, 0.15) is 18.4 Å². The fourth-order valence-electron chi connectivity index (χ4n) is 2.27. The van der Waals surface area contributed by atoms with Crippen LogP contribution in [-0.2, 0) is 4.74 Å². The second kappa shape index (κ2) is 6.49. The molecule has 1 aromatic rings. The second-order valence-electron chi connectivity index (χ2n) is 4.54. The lowest BCUT2D eigenvalue weighted by Crippen LogP contribution is -2.19. The van der Waals surface area contributed by atoms with Crippen LogP contribution in [0.3, 0.4) is 0 Å². The van der Waals surface area contributed by atoms with Crippen molar-refractivity contribution in [3.63, 3.8) is 0 Å². The van der Waals surface area contributed by atoms with Gasteiger partial charge in [-0.1, -0.05) is 12.1 Å². The Morgan fingerprint density at radius 1 is 1.55 bits per heavy atom. The van der Waals surface area contributed by atoms with Crippen LogP contribution >= 0.6 is 0 Å². The van der Waals surface area contributed by atoms with Crippen LogP contribution < -0.4 is 4.74 Å². The molecule has 108 valence electrons. The van der Waals surface area contributed by atoms with Crippen LogP contribution in [0.15, 0.2) is 24.3 Å². The average molecular weight is 279 g/mol. The van der Waals surface area contributed by atoms with Gasteiger partial charge in [-0.15, -0.1) is 0 Å². The van der Waals surface area contributed by atoms with Gasteiger partial charge in [0.05, 0.1) is 24.7 Å². The minimum atomic E-state index is -0.451. The van der Waals surface area contributed by atoms with Gasteiger partial charge in [-0.05, 0) is 30.0 Å². The number of nitro groups is 1. The van der Waals surface area contributed by atoms with E-state index in [2.05, 4.69) is 0 Å². The smallest absolute Gasteiger partial charge is 0.311 e. The SMILES string of the molecule is COc1ccc(C2=CCOC(CCO)C2)cc1[N+](=O)[O-]. The van der Waals surface area contributed by atoms with Gasteiger partial charge >= 0.3 is 5.69 Å². The topological polar surface area (TPSA) is 81.8 Å². The molecule has 1 unspecified atom stereocenters. The Morgan fingerprint density at radius 2 is 2.35 bits per heavy atom. The van der Waals surface area contributed by atoms with Crippen LogP contribution in [0.25, 0.3) is 5.57 Å². The maximum absolute atomic E-state index is 11.0. The lowest BCUT2D eigenvalue weighted by Gasteiger charge is -2.23. The summed E-state index contributed by atoms with van der Waals surface area (Å²) in [4.78, 5) is 10.6. The van der Waals surface area contributed by atoms with Crippen LogP contribution in [0.5, 0.6) is 5.75 Å². The van der Waals surface area contributed by atoms with Crippen LogP contribution in [0, 0.1) is 10.1 Å². The van der Waals surface area contributed by atoms with Gasteiger partial charge in [0, 0.05) is 12.7 Å². The van der Waals surface area contributed by atoms with Gasteiger partial charge in [0.25, 0.3) is 0 Å². The molecule has 0 aromatic heterocycles. The molecular weight excluding hydrogens is 262 g/mol. The molecule has 1 N–H and O–H groups in total. The standard InChI is InChI=1S/C14H17NO5/c1-19-14-3-2-10(9-13(14)15(17)18)11-5-7-20-12(8-11)4-6-16/h2-3,5,9,12,16H,4,6-8H2,1H3. The minimum absolute atomic E-state index is 0.0406. The third kappa shape index (κ3) is 3.15. The number of aliphatic hydroxyl groups is 1. The molecule has 0 saturated carbocycles. The molecule has 1 aromatic carbocycles. The van der Waals surface area contributed by atoms with Crippen molar-refractivity contribution in [1.82, 2.24) is 0 Å². The van der Waals surface area contributed by atoms with E-state index in [1.807, 2.05) is 6.08 Å². The summed E-state index contributed by atoms with van der Waals surface area (Å²) in [6.45, 7) is 0.528. The number of hydrogen-bond acceptors (Lipinski definition) is 5. The molecule has 2 rings (SSSR count). The van der Waals surface area contributed by atoms with Crippen molar-refractivity contribution in [3.8, 4) is 5.75 Å². The Morgan fingerprint density at radius 3 is 3.00 bits per heavy atom. The van der Waals surface area contributed by atoms with E-state index in [1.165, 1.54) is 13.2 Å². The van der Waals surface area contributed by atoms with Crippen molar-refractivity contribution in [2.24, 2.45) is 0 Å². The molecule has 0 radical (unpaired) electrons. The van der Waals surface area contributed by atoms with Crippen LogP contribution in [-0.4, -0.2) is 36.5 Å². The van der Waals surface area contributed by atoms with E-state index in [0.29, 0.717) is 19.4 Å². The summed E-state index contributed by atoms with van der Waals surface area (Å²) < 4.78 is 10.5. The summed E-state index contributed by atoms with van der Waals surface area (Å²) in [5, 5.41) is 20.0. The molecule has 0 amide bonds. The average Bonchev–Trinajstić information content (AvgIpc) is 2.47. The zero-order valence-electron chi connectivity index (χ0n) is 11.2. The van der Waals surface area contributed by atoms with Crippen LogP contribution in [0.4, 0.5) is 5.69 Å². The van der Waals surface area contributed by atoms with Crippen molar-refractivity contribution in [1.29, 1.82) is 0 Å². The minimum Gasteiger partial charge on any atom is -0.490 e. The molecule has 0 spiro atoms. The summed E-state index contributed by atoms with van der Waals surface area (Å²) in [6.07, 6.45) is 3.08. The van der Waals surface area contributed by atoms with E-state index in [-0.39, 0.29) is 24.1 Å². The third-order valence-corrected chi connectivity index (χ3v) is 3.31. The first-order chi connectivity index (χ1) is 9.65. The third-order valence-electron chi connectivity index (χ3n) is 3.31. The van der Waals surface area contributed by atoms with Gasteiger partial charge in [0.2, 0.25) is 0 Å². The van der Waals surface area contributed by atoms with Gasteiger partial charge in [-0.25, -0.2) is 0 Å². The largest absolute Gasteiger partial charge is 0.490 e. The molecule has 6 heteroatoms. The van der Waals surface area contributed by atoms with Crippen molar-refractivity contribution in [2.45, 2.75) is 18.9 Å². The molecule has 0 fully saturated rings. The number of hydrogen-bond donors (Lipinski definition) is 1. The molecule has 6 nitrogen and oxygen atoms in total. The van der Waals surface area contributed by atoms with Crippen molar-refractivity contribution in [3.05, 3.63) is 40.0 Å². The fraction of sp³-hybridized carbons (Fsp3) is 0.429. The van der Waals surface area contributed by atoms with Crippen molar-refractivity contribution < 1.29 is 19.5 Å². The number of ether oxygens (including phenoxy) is 2. The predicted octanol–water partition coefficient (Wildman–Crippen LogP) is 2.16. The Balaban J connectivity index is 2.27. The molecule has 1 aliphatic rings. The number of rotatable bonds is 5. The summed E-state index contributed by atoms with van der Waals surface area (Å²) in [6, 6.07) is 4.93. The zero-order chi connectivity index (χ0) is 14.5. The second-order valence-corrected chi connectivity index (χ2v) is 4.54. The molecular formula is C14H17NO5. The zero-order valence-corrected chi connectivity index (χ0v) is 11.2. The van der Waals surface area contributed by atoms with Gasteiger partial charge in [0.1, 0.15) is 0 Å². The molecule has 1 aliphatic heterocycles. The number of benzene rings is 1. The molecule has 0 aliphatic carbocycles. The Hall–Kier alpha value is -1.92. The lowest BCUT2D eigenvalue weighted by atomic mass is 9.96. The summed E-state index contributed by atoms with van der Waals surface area (Å²) in [5.74, 6) is 0.248. The molecule has 20 heavy (non-hydrogen) atoms. The normalized spacial score (nSPS) is 18.5. The van der Waals surface area contributed by atoms with Gasteiger partial charge in [0.15, 0.2) is 5.75 Å². The first-order valence-electron chi connectivity index (χ1n) is 6.40. The number of aliphatic hydroxyl groups excluding tert-OH is 1. The quantitative estimate of drug-likeness (QED) is 0.659. The lowest BCUT2D eigenvalue weighted by molar-refractivity contribution is -0.385. The van der Waals surface area contributed by atoms with Gasteiger partial charge < -0.3 is 14.6 Å². The highest BCUT2D eigenvalue weighted by molar-refractivity contribution is 5.70. The van der Waals surface area contributed by atoms with E-state index in [1.54, 1.807) is 12.1 Å². The van der Waals surface area contributed by atoms with E-state index in [0.717, 1.165) is 11.1 Å². The van der Waals surface area contributed by atoms with Crippen molar-refractivity contribution in [2.75, 3.05) is 20.3 Å². The molecule has 0 bridgehead atoms. The Bertz CT molecular complexity index is 526. The van der Waals surface area contributed by atoms with E-state index < -0.39 is 4.92 Å². The highest BCUT2D eigenvalue weighted by Crippen LogP contribution is 2.33. The molecule has 1 atom stereocenters. The predicted molar refractivity (Wildman–Crippen MR) is 73.7 cm³/mol. The van der Waals surface area contributed by atoms with Crippen molar-refractivity contribution >= 4 is 11.3 Å². The maximum Gasteiger partial charge on any atom is 0.311 e. The highest BCUT2D eigenvalue weighted by Gasteiger charge is 2.20. The highest BCUT2D eigenvalue weighted by atomic mass is 16.6. The summed E-state index contributed by atoms with van der Waals surface area (Å²) in [5.41, 5.74) is 1.75. The fourth-order valence-corrected chi connectivity index (χ4v) is 2.27. The first kappa shape index (κ1) is 14.5. The number of nitro benzene ring substituents is 1. The van der Waals surface area contributed by atoms with E-state index >= 15 is 0 Å². The molecule has 0 saturated heterocycles. The number of methoxy groups -OCH3 is 1. The molecule has 1 heterocycles. The van der Waals surface area contributed by atoms with Crippen LogP contribution in [0.2, 0.25) is 0 Å². The summed E-state index contributed by atoms with van der Waals surface area (Å²) >= 11 is 0. The van der Waals surface area contributed by atoms with E-state index in [4.69, 9.17) is 14.6 Å². The Kier molecular flexibility index (Phi) is 4.70. The monoisotopic (exact) mass is 279 g/mol. The van der Waals surface area contributed by atoms with Gasteiger partial charge in [-0.3, -0.25) is 10.1 Å². The van der Waals surface area contributed by atoms with Gasteiger partial charge in [-0.2, -0.15) is 0 Å². The van der Waals surface area contributed by atoms with E-state index in [9.17, 15) is 10.1 Å². The number of nitrogens with zero attached hydrogens (tertiary/aromatic N) is 1. The maximum atomic E-state index is 11.0.